The Balaban J connectivity index is 1.77. The van der Waals surface area contributed by atoms with Crippen molar-refractivity contribution in [1.29, 1.82) is 0 Å². The van der Waals surface area contributed by atoms with Gasteiger partial charge in [-0.2, -0.15) is 0 Å². The first-order valence-electron chi connectivity index (χ1n) is 8.65. The molecule has 2 fully saturated rings. The van der Waals surface area contributed by atoms with Crippen molar-refractivity contribution >= 4 is 5.82 Å². The van der Waals surface area contributed by atoms with Gasteiger partial charge in [0, 0.05) is 31.4 Å². The summed E-state index contributed by atoms with van der Waals surface area (Å²) in [5.74, 6) is 2.58. The molecule has 2 aliphatic rings. The Hall–Kier alpha value is -1.09. The number of hydrogen-bond donors (Lipinski definition) is 1. The molecule has 2 aliphatic carbocycles. The number of aromatic nitrogens is 1. The molecule has 0 atom stereocenters. The van der Waals surface area contributed by atoms with Crippen LogP contribution in [0.25, 0.3) is 0 Å². The van der Waals surface area contributed by atoms with Crippen LogP contribution in [0, 0.1) is 5.92 Å². The average molecular weight is 287 g/mol. The van der Waals surface area contributed by atoms with Gasteiger partial charge >= 0.3 is 0 Å². The lowest BCUT2D eigenvalue weighted by molar-refractivity contribution is 0.679. The van der Waals surface area contributed by atoms with Crippen molar-refractivity contribution < 1.29 is 0 Å². The molecule has 1 heterocycles. The largest absolute Gasteiger partial charge is 0.357 e. The molecule has 1 aromatic rings. The zero-order valence-corrected chi connectivity index (χ0v) is 13.7. The van der Waals surface area contributed by atoms with Crippen molar-refractivity contribution in [2.45, 2.75) is 65.0 Å². The van der Waals surface area contributed by atoms with Gasteiger partial charge < -0.3 is 10.2 Å². The van der Waals surface area contributed by atoms with E-state index in [2.05, 4.69) is 43.1 Å². The molecule has 0 spiro atoms. The van der Waals surface area contributed by atoms with E-state index >= 15 is 0 Å². The zero-order valence-electron chi connectivity index (χ0n) is 13.7. The highest BCUT2D eigenvalue weighted by molar-refractivity contribution is 5.43. The van der Waals surface area contributed by atoms with Crippen LogP contribution in [-0.4, -0.2) is 24.1 Å². The molecule has 0 unspecified atom stereocenters. The van der Waals surface area contributed by atoms with E-state index in [1.54, 1.807) is 0 Å². The maximum Gasteiger partial charge on any atom is 0.129 e. The van der Waals surface area contributed by atoms with E-state index in [1.165, 1.54) is 49.3 Å². The predicted molar refractivity (Wildman–Crippen MR) is 88.8 cm³/mol. The number of hydrogen-bond acceptors (Lipinski definition) is 3. The molecule has 0 radical (unpaired) electrons. The van der Waals surface area contributed by atoms with Gasteiger partial charge in [-0.3, -0.25) is 0 Å². The summed E-state index contributed by atoms with van der Waals surface area (Å²) in [5.41, 5.74) is 2.62. The van der Waals surface area contributed by atoms with Crippen LogP contribution in [0.5, 0.6) is 0 Å². The van der Waals surface area contributed by atoms with E-state index in [1.807, 2.05) is 0 Å². The lowest BCUT2D eigenvalue weighted by Crippen LogP contribution is -2.27. The number of nitrogens with one attached hydrogen (secondary N) is 1. The Morgan fingerprint density at radius 3 is 2.57 bits per heavy atom. The zero-order chi connectivity index (χ0) is 14.8. The number of rotatable bonds is 8. The van der Waals surface area contributed by atoms with Crippen LogP contribution in [0.3, 0.4) is 0 Å². The highest BCUT2D eigenvalue weighted by Gasteiger charge is 2.25. The standard InChI is InChI=1S/C18H29N3/c1-4-21(12-14-5-6-14)18-10-15(11-19-16-7-8-16)9-17(20-18)13(2)3/h9-10,13-14,16,19H,4-8,11-12H2,1-3H3. The lowest BCUT2D eigenvalue weighted by Gasteiger charge is -2.24. The Morgan fingerprint density at radius 2 is 2.00 bits per heavy atom. The molecule has 0 bridgehead atoms. The third kappa shape index (κ3) is 4.19. The summed E-state index contributed by atoms with van der Waals surface area (Å²) in [4.78, 5) is 7.39. The van der Waals surface area contributed by atoms with Crippen LogP contribution in [-0.2, 0) is 6.54 Å². The van der Waals surface area contributed by atoms with E-state index in [9.17, 15) is 0 Å². The number of anilines is 1. The normalized spacial score (nSPS) is 18.3. The van der Waals surface area contributed by atoms with E-state index in [0.717, 1.165) is 25.0 Å². The van der Waals surface area contributed by atoms with Crippen molar-refractivity contribution in [3.63, 3.8) is 0 Å². The molecule has 1 aromatic heterocycles. The van der Waals surface area contributed by atoms with E-state index < -0.39 is 0 Å². The van der Waals surface area contributed by atoms with Crippen molar-refractivity contribution in [2.75, 3.05) is 18.0 Å². The summed E-state index contributed by atoms with van der Waals surface area (Å²) in [7, 11) is 0. The van der Waals surface area contributed by atoms with Gasteiger partial charge in [0.1, 0.15) is 5.82 Å². The second-order valence-electron chi connectivity index (χ2n) is 7.05. The highest BCUT2D eigenvalue weighted by Crippen LogP contribution is 2.31. The quantitative estimate of drug-likeness (QED) is 0.790. The van der Waals surface area contributed by atoms with Gasteiger partial charge in [0.15, 0.2) is 0 Å². The van der Waals surface area contributed by atoms with Crippen LogP contribution in [0.1, 0.15) is 63.6 Å². The Morgan fingerprint density at radius 1 is 1.24 bits per heavy atom. The summed E-state index contributed by atoms with van der Waals surface area (Å²) in [6, 6.07) is 5.35. The summed E-state index contributed by atoms with van der Waals surface area (Å²) in [5, 5.41) is 3.63. The molecule has 3 heteroatoms. The fraction of sp³-hybridized carbons (Fsp3) is 0.722. The third-order valence-corrected chi connectivity index (χ3v) is 4.54. The molecule has 116 valence electrons. The number of pyridine rings is 1. The molecule has 3 nitrogen and oxygen atoms in total. The van der Waals surface area contributed by atoms with Gasteiger partial charge in [-0.05, 0) is 62.1 Å². The predicted octanol–water partition coefficient (Wildman–Crippen LogP) is 3.69. The Kier molecular flexibility index (Phi) is 4.48. The summed E-state index contributed by atoms with van der Waals surface area (Å²) >= 11 is 0. The number of nitrogens with zero attached hydrogens (tertiary/aromatic N) is 2. The molecule has 0 aromatic carbocycles. The molecule has 21 heavy (non-hydrogen) atoms. The summed E-state index contributed by atoms with van der Waals surface area (Å²) in [6.07, 6.45) is 5.49. The fourth-order valence-electron chi connectivity index (χ4n) is 2.70. The maximum atomic E-state index is 4.93. The van der Waals surface area contributed by atoms with Gasteiger partial charge in [-0.15, -0.1) is 0 Å². The van der Waals surface area contributed by atoms with Crippen LogP contribution in [0.4, 0.5) is 5.82 Å². The topological polar surface area (TPSA) is 28.2 Å². The highest BCUT2D eigenvalue weighted by atomic mass is 15.2. The minimum absolute atomic E-state index is 0.490. The van der Waals surface area contributed by atoms with E-state index in [0.29, 0.717) is 5.92 Å². The molecule has 3 rings (SSSR count). The summed E-state index contributed by atoms with van der Waals surface area (Å²) in [6.45, 7) is 9.94. The van der Waals surface area contributed by atoms with Crippen molar-refractivity contribution in [3.8, 4) is 0 Å². The lowest BCUT2D eigenvalue weighted by atomic mass is 10.1. The second-order valence-corrected chi connectivity index (χ2v) is 7.05. The van der Waals surface area contributed by atoms with Gasteiger partial charge in [0.05, 0.1) is 0 Å². The molecule has 1 N–H and O–H groups in total. The summed E-state index contributed by atoms with van der Waals surface area (Å²) < 4.78 is 0. The van der Waals surface area contributed by atoms with Crippen LogP contribution < -0.4 is 10.2 Å². The molecular weight excluding hydrogens is 258 g/mol. The van der Waals surface area contributed by atoms with Crippen molar-refractivity contribution in [3.05, 3.63) is 23.4 Å². The fourth-order valence-corrected chi connectivity index (χ4v) is 2.70. The van der Waals surface area contributed by atoms with Crippen LogP contribution in [0.2, 0.25) is 0 Å². The molecule has 2 saturated carbocycles. The van der Waals surface area contributed by atoms with E-state index in [-0.39, 0.29) is 0 Å². The van der Waals surface area contributed by atoms with Crippen LogP contribution in [0.15, 0.2) is 12.1 Å². The first-order chi connectivity index (χ1) is 10.2. The minimum Gasteiger partial charge on any atom is -0.357 e. The van der Waals surface area contributed by atoms with Gasteiger partial charge in [-0.25, -0.2) is 4.98 Å². The monoisotopic (exact) mass is 287 g/mol. The van der Waals surface area contributed by atoms with E-state index in [4.69, 9.17) is 4.98 Å². The first kappa shape index (κ1) is 14.8. The third-order valence-electron chi connectivity index (χ3n) is 4.54. The minimum atomic E-state index is 0.490. The average Bonchev–Trinajstić information content (AvgIpc) is 3.37. The first-order valence-corrected chi connectivity index (χ1v) is 8.65. The van der Waals surface area contributed by atoms with Crippen LogP contribution >= 0.6 is 0 Å². The van der Waals surface area contributed by atoms with Crippen molar-refractivity contribution in [2.24, 2.45) is 5.92 Å². The SMILES string of the molecule is CCN(CC1CC1)c1cc(CNC2CC2)cc(C(C)C)n1. The van der Waals surface area contributed by atoms with Gasteiger partial charge in [0.25, 0.3) is 0 Å². The molecule has 0 amide bonds. The Bertz CT molecular complexity index is 475. The van der Waals surface area contributed by atoms with Gasteiger partial charge in [0.2, 0.25) is 0 Å². The smallest absolute Gasteiger partial charge is 0.129 e. The van der Waals surface area contributed by atoms with Gasteiger partial charge in [-0.1, -0.05) is 13.8 Å². The second kappa shape index (κ2) is 6.35. The molecular formula is C18H29N3. The Labute approximate surface area is 129 Å². The van der Waals surface area contributed by atoms with Crippen molar-refractivity contribution in [1.82, 2.24) is 10.3 Å². The molecule has 0 saturated heterocycles. The molecule has 0 aliphatic heterocycles. The maximum absolute atomic E-state index is 4.93.